The van der Waals surface area contributed by atoms with Crippen LogP contribution in [0.25, 0.3) is 32.3 Å². The Hall–Kier alpha value is -2.24. The Morgan fingerprint density at radius 2 is 1.25 bits per heavy atom. The van der Waals surface area contributed by atoms with Crippen LogP contribution >= 0.6 is 0 Å². The molecule has 0 heterocycles. The summed E-state index contributed by atoms with van der Waals surface area (Å²) in [5.41, 5.74) is 0.984. The van der Waals surface area contributed by atoms with Crippen LogP contribution in [-0.2, 0) is 0 Å². The number of benzene rings is 4. The van der Waals surface area contributed by atoms with Crippen molar-refractivity contribution < 1.29 is 20.4 Å². The van der Waals surface area contributed by atoms with E-state index in [1.807, 2.05) is 48.5 Å². The van der Waals surface area contributed by atoms with Crippen molar-refractivity contribution in [1.29, 1.82) is 0 Å². The molecular weight excluding hydrogens is 304 g/mol. The Balaban J connectivity index is 2.01. The normalized spacial score (nSPS) is 27.2. The third-order valence-electron chi connectivity index (χ3n) is 5.33. The molecule has 0 saturated carbocycles. The molecule has 4 nitrogen and oxygen atoms in total. The van der Waals surface area contributed by atoms with E-state index in [0.717, 1.165) is 32.3 Å². The number of hydrogen-bond acceptors (Lipinski definition) is 4. The number of aliphatic hydroxyl groups is 4. The standard InChI is InChI=1S/C20H16O4/c21-17-13-8-11-5-4-9-2-1-3-10-6-7-12(15(11)14(9)10)16(13)18(22)20(24)19(17)23/h1-8,17-24H/t17-,18+,19+,20-/m0/s1. The molecule has 0 radical (unpaired) electrons. The molecule has 0 aliphatic heterocycles. The van der Waals surface area contributed by atoms with Gasteiger partial charge in [0.2, 0.25) is 0 Å². The molecule has 120 valence electrons. The van der Waals surface area contributed by atoms with Gasteiger partial charge in [-0.05, 0) is 49.5 Å². The second-order valence-corrected chi connectivity index (χ2v) is 6.61. The molecule has 4 aromatic carbocycles. The van der Waals surface area contributed by atoms with Crippen molar-refractivity contribution in [3.63, 3.8) is 0 Å². The highest BCUT2D eigenvalue weighted by Gasteiger charge is 2.41. The van der Waals surface area contributed by atoms with Crippen LogP contribution in [0.3, 0.4) is 0 Å². The zero-order chi connectivity index (χ0) is 16.6. The maximum absolute atomic E-state index is 10.5. The van der Waals surface area contributed by atoms with E-state index in [2.05, 4.69) is 0 Å². The second kappa shape index (κ2) is 4.65. The lowest BCUT2D eigenvalue weighted by atomic mass is 9.78. The van der Waals surface area contributed by atoms with Crippen LogP contribution in [-0.4, -0.2) is 32.6 Å². The Labute approximate surface area is 137 Å². The van der Waals surface area contributed by atoms with E-state index >= 15 is 0 Å². The number of rotatable bonds is 0. The van der Waals surface area contributed by atoms with Crippen molar-refractivity contribution >= 4 is 32.3 Å². The Bertz CT molecular complexity index is 1070. The number of aliphatic hydroxyl groups excluding tert-OH is 4. The van der Waals surface area contributed by atoms with Crippen molar-refractivity contribution in [1.82, 2.24) is 0 Å². The third-order valence-corrected chi connectivity index (χ3v) is 5.33. The molecule has 0 unspecified atom stereocenters. The molecule has 4 heteroatoms. The maximum atomic E-state index is 10.5. The van der Waals surface area contributed by atoms with E-state index in [1.165, 1.54) is 0 Å². The highest BCUT2D eigenvalue weighted by molar-refractivity contribution is 6.23. The molecule has 0 fully saturated rings. The predicted octanol–water partition coefficient (Wildman–Crippen LogP) is 2.39. The smallest absolute Gasteiger partial charge is 0.113 e. The molecule has 0 amide bonds. The van der Waals surface area contributed by atoms with Gasteiger partial charge >= 0.3 is 0 Å². The van der Waals surface area contributed by atoms with Gasteiger partial charge in [-0.3, -0.25) is 0 Å². The van der Waals surface area contributed by atoms with Gasteiger partial charge in [-0.25, -0.2) is 0 Å². The molecule has 5 rings (SSSR count). The first-order chi connectivity index (χ1) is 11.6. The zero-order valence-corrected chi connectivity index (χ0v) is 12.7. The van der Waals surface area contributed by atoms with Gasteiger partial charge in [-0.1, -0.05) is 42.5 Å². The van der Waals surface area contributed by atoms with E-state index < -0.39 is 24.4 Å². The minimum absolute atomic E-state index is 0.478. The molecule has 0 aromatic heterocycles. The molecular formula is C20H16O4. The van der Waals surface area contributed by atoms with Crippen LogP contribution in [0.4, 0.5) is 0 Å². The van der Waals surface area contributed by atoms with E-state index in [-0.39, 0.29) is 0 Å². The summed E-state index contributed by atoms with van der Waals surface area (Å²) >= 11 is 0. The van der Waals surface area contributed by atoms with Gasteiger partial charge in [0.05, 0.1) is 0 Å². The van der Waals surface area contributed by atoms with Crippen molar-refractivity contribution in [2.75, 3.05) is 0 Å². The summed E-state index contributed by atoms with van der Waals surface area (Å²) in [6.45, 7) is 0. The lowest BCUT2D eigenvalue weighted by molar-refractivity contribution is -0.119. The summed E-state index contributed by atoms with van der Waals surface area (Å²) in [6, 6.07) is 15.8. The quantitative estimate of drug-likeness (QED) is 0.375. The van der Waals surface area contributed by atoms with Crippen molar-refractivity contribution in [3.05, 3.63) is 59.7 Å². The van der Waals surface area contributed by atoms with Crippen LogP contribution in [0.1, 0.15) is 23.3 Å². The highest BCUT2D eigenvalue weighted by atomic mass is 16.4. The van der Waals surface area contributed by atoms with Crippen LogP contribution in [0, 0.1) is 0 Å². The van der Waals surface area contributed by atoms with Crippen LogP contribution in [0.2, 0.25) is 0 Å². The lowest BCUT2D eigenvalue weighted by Gasteiger charge is -2.35. The summed E-state index contributed by atoms with van der Waals surface area (Å²) in [5, 5.41) is 47.1. The SMILES string of the molecule is O[C@@H]1[C@H](O)[C@@H](O)c2cc3ccc4cccc5ccc(c2[C@H]1O)c3c45. The van der Waals surface area contributed by atoms with E-state index in [0.29, 0.717) is 11.1 Å². The molecule has 0 saturated heterocycles. The van der Waals surface area contributed by atoms with E-state index in [1.54, 1.807) is 0 Å². The lowest BCUT2D eigenvalue weighted by Crippen LogP contribution is -2.41. The molecule has 1 aliphatic carbocycles. The van der Waals surface area contributed by atoms with Gasteiger partial charge in [-0.2, -0.15) is 0 Å². The first-order valence-electron chi connectivity index (χ1n) is 8.00. The van der Waals surface area contributed by atoms with E-state index in [9.17, 15) is 20.4 Å². The molecule has 24 heavy (non-hydrogen) atoms. The number of fused-ring (bicyclic) bond motifs is 2. The highest BCUT2D eigenvalue weighted by Crippen LogP contribution is 2.45. The zero-order valence-electron chi connectivity index (χ0n) is 12.7. The molecule has 4 aromatic rings. The summed E-state index contributed by atoms with van der Waals surface area (Å²) < 4.78 is 0. The van der Waals surface area contributed by atoms with Gasteiger partial charge in [0.1, 0.15) is 24.4 Å². The van der Waals surface area contributed by atoms with Gasteiger partial charge in [-0.15, -0.1) is 0 Å². The average molecular weight is 320 g/mol. The summed E-state index contributed by atoms with van der Waals surface area (Å²) in [6.07, 6.45) is -5.27. The molecule has 4 atom stereocenters. The van der Waals surface area contributed by atoms with Crippen molar-refractivity contribution in [2.24, 2.45) is 0 Å². The van der Waals surface area contributed by atoms with Gasteiger partial charge < -0.3 is 20.4 Å². The molecule has 1 aliphatic rings. The summed E-state index contributed by atoms with van der Waals surface area (Å²) in [7, 11) is 0. The fourth-order valence-electron chi connectivity index (χ4n) is 4.16. The molecule has 0 bridgehead atoms. The fourth-order valence-corrected chi connectivity index (χ4v) is 4.16. The molecule has 4 N–H and O–H groups in total. The fraction of sp³-hybridized carbons (Fsp3) is 0.200. The Kier molecular flexibility index (Phi) is 2.74. The topological polar surface area (TPSA) is 80.9 Å². The van der Waals surface area contributed by atoms with Crippen LogP contribution in [0.5, 0.6) is 0 Å². The summed E-state index contributed by atoms with van der Waals surface area (Å²) in [4.78, 5) is 0. The minimum Gasteiger partial charge on any atom is -0.387 e. The average Bonchev–Trinajstić information content (AvgIpc) is 2.62. The second-order valence-electron chi connectivity index (χ2n) is 6.61. The Morgan fingerprint density at radius 3 is 2.00 bits per heavy atom. The predicted molar refractivity (Wildman–Crippen MR) is 92.1 cm³/mol. The van der Waals surface area contributed by atoms with Crippen molar-refractivity contribution in [3.8, 4) is 0 Å². The van der Waals surface area contributed by atoms with E-state index in [4.69, 9.17) is 0 Å². The van der Waals surface area contributed by atoms with Crippen LogP contribution in [0.15, 0.2) is 48.5 Å². The van der Waals surface area contributed by atoms with Crippen LogP contribution < -0.4 is 0 Å². The van der Waals surface area contributed by atoms with Gasteiger partial charge in [0.15, 0.2) is 0 Å². The summed E-state index contributed by atoms with van der Waals surface area (Å²) in [5.74, 6) is 0. The first kappa shape index (κ1) is 14.1. The van der Waals surface area contributed by atoms with Crippen molar-refractivity contribution in [2.45, 2.75) is 24.4 Å². The third kappa shape index (κ3) is 1.61. The maximum Gasteiger partial charge on any atom is 0.113 e. The minimum atomic E-state index is -1.41. The monoisotopic (exact) mass is 320 g/mol. The van der Waals surface area contributed by atoms with Gasteiger partial charge in [0.25, 0.3) is 0 Å². The Morgan fingerprint density at radius 1 is 0.625 bits per heavy atom. The number of hydrogen-bond donors (Lipinski definition) is 4. The van der Waals surface area contributed by atoms with Gasteiger partial charge in [0, 0.05) is 0 Å². The largest absolute Gasteiger partial charge is 0.387 e. The first-order valence-corrected chi connectivity index (χ1v) is 8.00. The molecule has 0 spiro atoms.